The lowest BCUT2D eigenvalue weighted by molar-refractivity contribution is 0.324. The standard InChI is InChI=1S/C14H22ClN3S/c1-4-18(5-2)8-9-19-14-10(3)12(15)16-13(17-14)11-6-7-11/h11H,4-9H2,1-3H3. The summed E-state index contributed by atoms with van der Waals surface area (Å²) in [4.78, 5) is 11.5. The Kier molecular flexibility index (Phi) is 5.48. The lowest BCUT2D eigenvalue weighted by Crippen LogP contribution is -2.25. The van der Waals surface area contributed by atoms with Gasteiger partial charge in [0.2, 0.25) is 0 Å². The molecule has 3 nitrogen and oxygen atoms in total. The third kappa shape index (κ3) is 4.07. The summed E-state index contributed by atoms with van der Waals surface area (Å²) in [6.45, 7) is 9.72. The first kappa shape index (κ1) is 15.1. The van der Waals surface area contributed by atoms with E-state index in [9.17, 15) is 0 Å². The first-order chi connectivity index (χ1) is 9.15. The van der Waals surface area contributed by atoms with E-state index in [4.69, 9.17) is 16.6 Å². The summed E-state index contributed by atoms with van der Waals surface area (Å²) in [6, 6.07) is 0. The fraction of sp³-hybridized carbons (Fsp3) is 0.714. The van der Waals surface area contributed by atoms with Gasteiger partial charge in [0.05, 0.1) is 0 Å². The van der Waals surface area contributed by atoms with Crippen LogP contribution in [0.1, 0.15) is 44.0 Å². The number of hydrogen-bond donors (Lipinski definition) is 0. The Morgan fingerprint density at radius 3 is 2.53 bits per heavy atom. The maximum atomic E-state index is 6.21. The van der Waals surface area contributed by atoms with Crippen molar-refractivity contribution in [3.63, 3.8) is 0 Å². The molecule has 1 aromatic rings. The molecule has 0 bridgehead atoms. The maximum Gasteiger partial charge on any atom is 0.136 e. The highest BCUT2D eigenvalue weighted by Crippen LogP contribution is 2.39. The summed E-state index contributed by atoms with van der Waals surface area (Å²) in [5.41, 5.74) is 1.02. The largest absolute Gasteiger partial charge is 0.303 e. The highest BCUT2D eigenvalue weighted by Gasteiger charge is 2.28. The third-order valence-corrected chi connectivity index (χ3v) is 4.97. The van der Waals surface area contributed by atoms with Crippen LogP contribution in [0, 0.1) is 6.92 Å². The predicted octanol–water partition coefficient (Wildman–Crippen LogP) is 3.75. The molecule has 2 rings (SSSR count). The average Bonchev–Trinajstić information content (AvgIpc) is 3.23. The SMILES string of the molecule is CCN(CC)CCSc1nc(C2CC2)nc(Cl)c1C. The van der Waals surface area contributed by atoms with E-state index in [2.05, 4.69) is 23.7 Å². The van der Waals surface area contributed by atoms with Crippen LogP contribution in [0.5, 0.6) is 0 Å². The highest BCUT2D eigenvalue weighted by molar-refractivity contribution is 7.99. The molecule has 1 aliphatic carbocycles. The molecule has 0 amide bonds. The first-order valence-electron chi connectivity index (χ1n) is 7.04. The van der Waals surface area contributed by atoms with Crippen molar-refractivity contribution < 1.29 is 0 Å². The van der Waals surface area contributed by atoms with Crippen LogP contribution in [0.2, 0.25) is 5.15 Å². The van der Waals surface area contributed by atoms with Gasteiger partial charge in [0.1, 0.15) is 16.0 Å². The Balaban J connectivity index is 1.98. The number of halogens is 1. The quantitative estimate of drug-likeness (QED) is 0.566. The summed E-state index contributed by atoms with van der Waals surface area (Å²) in [5.74, 6) is 2.56. The van der Waals surface area contributed by atoms with Crippen molar-refractivity contribution in [2.24, 2.45) is 0 Å². The molecule has 0 N–H and O–H groups in total. The van der Waals surface area contributed by atoms with Crippen LogP contribution in [0.4, 0.5) is 0 Å². The molecule has 0 atom stereocenters. The fourth-order valence-corrected chi connectivity index (χ4v) is 3.21. The Hall–Kier alpha value is -0.320. The lowest BCUT2D eigenvalue weighted by Gasteiger charge is -2.17. The second kappa shape index (κ2) is 6.91. The van der Waals surface area contributed by atoms with Gasteiger partial charge in [-0.1, -0.05) is 25.4 Å². The zero-order valence-corrected chi connectivity index (χ0v) is 13.5. The van der Waals surface area contributed by atoms with E-state index in [1.807, 2.05) is 6.92 Å². The van der Waals surface area contributed by atoms with Gasteiger partial charge >= 0.3 is 0 Å². The van der Waals surface area contributed by atoms with Crippen molar-refractivity contribution in [3.8, 4) is 0 Å². The summed E-state index contributed by atoms with van der Waals surface area (Å²) in [6.07, 6.45) is 2.42. The topological polar surface area (TPSA) is 29.0 Å². The Morgan fingerprint density at radius 2 is 1.95 bits per heavy atom. The van der Waals surface area contributed by atoms with Crippen LogP contribution >= 0.6 is 23.4 Å². The van der Waals surface area contributed by atoms with Crippen molar-refractivity contribution >= 4 is 23.4 Å². The molecule has 0 spiro atoms. The zero-order valence-electron chi connectivity index (χ0n) is 11.9. The molecule has 1 aliphatic rings. The molecule has 1 heterocycles. The monoisotopic (exact) mass is 299 g/mol. The van der Waals surface area contributed by atoms with E-state index in [0.29, 0.717) is 11.1 Å². The molecule has 1 aromatic heterocycles. The van der Waals surface area contributed by atoms with Crippen molar-refractivity contribution in [2.45, 2.75) is 44.6 Å². The minimum absolute atomic E-state index is 0.556. The molecule has 19 heavy (non-hydrogen) atoms. The van der Waals surface area contributed by atoms with Gasteiger partial charge in [0, 0.05) is 23.8 Å². The van der Waals surface area contributed by atoms with Crippen LogP contribution in [-0.4, -0.2) is 40.3 Å². The van der Waals surface area contributed by atoms with Crippen LogP contribution in [-0.2, 0) is 0 Å². The molecular weight excluding hydrogens is 278 g/mol. The van der Waals surface area contributed by atoms with E-state index < -0.39 is 0 Å². The van der Waals surface area contributed by atoms with E-state index in [0.717, 1.165) is 41.8 Å². The fourth-order valence-electron chi connectivity index (χ4n) is 1.96. The van der Waals surface area contributed by atoms with Crippen LogP contribution in [0.25, 0.3) is 0 Å². The van der Waals surface area contributed by atoms with Crippen LogP contribution < -0.4 is 0 Å². The summed E-state index contributed by atoms with van der Waals surface area (Å²) < 4.78 is 0. The van der Waals surface area contributed by atoms with E-state index in [-0.39, 0.29) is 0 Å². The summed E-state index contributed by atoms with van der Waals surface area (Å²) >= 11 is 8.01. The molecule has 1 fully saturated rings. The Bertz CT molecular complexity index is 431. The highest BCUT2D eigenvalue weighted by atomic mass is 35.5. The first-order valence-corrected chi connectivity index (χ1v) is 8.41. The molecule has 5 heteroatoms. The number of aromatic nitrogens is 2. The zero-order chi connectivity index (χ0) is 13.8. The van der Waals surface area contributed by atoms with Crippen molar-refractivity contribution in [1.82, 2.24) is 14.9 Å². The molecule has 0 radical (unpaired) electrons. The van der Waals surface area contributed by atoms with Crippen LogP contribution in [0.3, 0.4) is 0 Å². The van der Waals surface area contributed by atoms with Crippen LogP contribution in [0.15, 0.2) is 5.03 Å². The number of hydrogen-bond acceptors (Lipinski definition) is 4. The summed E-state index contributed by atoms with van der Waals surface area (Å²) in [7, 11) is 0. The maximum absolute atomic E-state index is 6.21. The molecule has 0 saturated heterocycles. The van der Waals surface area contributed by atoms with Crippen molar-refractivity contribution in [1.29, 1.82) is 0 Å². The van der Waals surface area contributed by atoms with Gasteiger partial charge in [0.25, 0.3) is 0 Å². The lowest BCUT2D eigenvalue weighted by atomic mass is 10.3. The van der Waals surface area contributed by atoms with Gasteiger partial charge in [-0.05, 0) is 32.9 Å². The van der Waals surface area contributed by atoms with E-state index >= 15 is 0 Å². The summed E-state index contributed by atoms with van der Waals surface area (Å²) in [5, 5.41) is 1.69. The molecule has 1 saturated carbocycles. The number of rotatable bonds is 7. The molecule has 106 valence electrons. The third-order valence-electron chi connectivity index (χ3n) is 3.54. The van der Waals surface area contributed by atoms with Gasteiger partial charge in [-0.2, -0.15) is 0 Å². The van der Waals surface area contributed by atoms with Gasteiger partial charge in [-0.25, -0.2) is 9.97 Å². The minimum atomic E-state index is 0.556. The average molecular weight is 300 g/mol. The smallest absolute Gasteiger partial charge is 0.136 e. The van der Waals surface area contributed by atoms with Gasteiger partial charge in [-0.3, -0.25) is 0 Å². The molecule has 0 aromatic carbocycles. The molecular formula is C14H22ClN3S. The number of thioether (sulfide) groups is 1. The van der Waals surface area contributed by atoms with Crippen molar-refractivity contribution in [2.75, 3.05) is 25.4 Å². The van der Waals surface area contributed by atoms with E-state index in [1.165, 1.54) is 12.8 Å². The van der Waals surface area contributed by atoms with E-state index in [1.54, 1.807) is 11.8 Å². The molecule has 0 aliphatic heterocycles. The van der Waals surface area contributed by atoms with Gasteiger partial charge in [0.15, 0.2) is 0 Å². The van der Waals surface area contributed by atoms with Gasteiger partial charge in [-0.15, -0.1) is 11.8 Å². The second-order valence-electron chi connectivity index (χ2n) is 4.95. The minimum Gasteiger partial charge on any atom is -0.303 e. The Labute approximate surface area is 125 Å². The van der Waals surface area contributed by atoms with Crippen molar-refractivity contribution in [3.05, 3.63) is 16.5 Å². The normalized spacial score (nSPS) is 15.2. The molecule has 0 unspecified atom stereocenters. The predicted molar refractivity (Wildman–Crippen MR) is 82.3 cm³/mol. The Morgan fingerprint density at radius 1 is 1.26 bits per heavy atom. The number of nitrogens with zero attached hydrogens (tertiary/aromatic N) is 3. The van der Waals surface area contributed by atoms with Gasteiger partial charge < -0.3 is 4.90 Å². The second-order valence-corrected chi connectivity index (χ2v) is 6.39.